The quantitative estimate of drug-likeness (QED) is 0.830. The Bertz CT molecular complexity index is 811. The van der Waals surface area contributed by atoms with Gasteiger partial charge in [-0.1, -0.05) is 0 Å². The molecule has 2 aliphatic heterocycles. The van der Waals surface area contributed by atoms with Crippen molar-refractivity contribution in [1.82, 2.24) is 4.90 Å². The Morgan fingerprint density at radius 2 is 1.67 bits per heavy atom. The highest BCUT2D eigenvalue weighted by atomic mass is 16.7. The smallest absolute Gasteiger partial charge is 0.254 e. The van der Waals surface area contributed by atoms with Gasteiger partial charge in [-0.05, 0) is 56.3 Å². The molecule has 0 N–H and O–H groups in total. The third-order valence-corrected chi connectivity index (χ3v) is 4.76. The van der Waals surface area contributed by atoms with E-state index in [1.54, 1.807) is 18.2 Å². The van der Waals surface area contributed by atoms with Crippen molar-refractivity contribution in [2.24, 2.45) is 0 Å². The van der Waals surface area contributed by atoms with Crippen LogP contribution in [0, 0.1) is 0 Å². The van der Waals surface area contributed by atoms with Crippen molar-refractivity contribution in [3.8, 4) is 17.2 Å². The number of benzene rings is 2. The van der Waals surface area contributed by atoms with Crippen LogP contribution in [-0.4, -0.2) is 49.9 Å². The number of carbonyl (C=O) groups is 1. The van der Waals surface area contributed by atoms with E-state index in [9.17, 15) is 4.79 Å². The molecule has 0 bridgehead atoms. The Balaban J connectivity index is 1.36. The van der Waals surface area contributed by atoms with Gasteiger partial charge in [-0.25, -0.2) is 0 Å². The predicted molar refractivity (Wildman–Crippen MR) is 103 cm³/mol. The number of carbonyl (C=O) groups excluding carboxylic acids is 1. The zero-order valence-corrected chi connectivity index (χ0v) is 15.7. The van der Waals surface area contributed by atoms with Crippen molar-refractivity contribution in [2.45, 2.75) is 20.0 Å². The summed E-state index contributed by atoms with van der Waals surface area (Å²) in [5.74, 6) is 2.25. The second-order valence-electron chi connectivity index (χ2n) is 7.01. The number of hydrogen-bond donors (Lipinski definition) is 0. The Morgan fingerprint density at radius 1 is 0.963 bits per heavy atom. The van der Waals surface area contributed by atoms with E-state index in [2.05, 4.69) is 17.0 Å². The lowest BCUT2D eigenvalue weighted by molar-refractivity contribution is 0.0746. The molecular weight excluding hydrogens is 344 g/mol. The van der Waals surface area contributed by atoms with Gasteiger partial charge in [0.2, 0.25) is 6.79 Å². The largest absolute Gasteiger partial charge is 0.491 e. The lowest BCUT2D eigenvalue weighted by Gasteiger charge is -2.36. The first-order valence-corrected chi connectivity index (χ1v) is 9.31. The van der Waals surface area contributed by atoms with Crippen LogP contribution in [0.3, 0.4) is 0 Å². The van der Waals surface area contributed by atoms with E-state index >= 15 is 0 Å². The lowest BCUT2D eigenvalue weighted by Crippen LogP contribution is -2.48. The number of ether oxygens (including phenoxy) is 3. The van der Waals surface area contributed by atoms with Crippen LogP contribution in [0.25, 0.3) is 0 Å². The van der Waals surface area contributed by atoms with Gasteiger partial charge < -0.3 is 24.0 Å². The van der Waals surface area contributed by atoms with E-state index in [-0.39, 0.29) is 18.8 Å². The molecule has 0 aliphatic carbocycles. The maximum absolute atomic E-state index is 12.8. The van der Waals surface area contributed by atoms with E-state index in [0.717, 1.165) is 24.5 Å². The maximum atomic E-state index is 12.8. The molecular formula is C21H24N2O4. The predicted octanol–water partition coefficient (Wildman–Crippen LogP) is 3.16. The molecule has 0 atom stereocenters. The van der Waals surface area contributed by atoms with Crippen LogP contribution in [0.2, 0.25) is 0 Å². The van der Waals surface area contributed by atoms with Crippen LogP contribution < -0.4 is 19.1 Å². The highest BCUT2D eigenvalue weighted by Gasteiger charge is 2.24. The van der Waals surface area contributed by atoms with Crippen molar-refractivity contribution < 1.29 is 19.0 Å². The summed E-state index contributed by atoms with van der Waals surface area (Å²) >= 11 is 0. The van der Waals surface area contributed by atoms with Crippen molar-refractivity contribution in [1.29, 1.82) is 0 Å². The van der Waals surface area contributed by atoms with Gasteiger partial charge in [0.15, 0.2) is 11.5 Å². The summed E-state index contributed by atoms with van der Waals surface area (Å²) in [5.41, 5.74) is 1.80. The first-order chi connectivity index (χ1) is 13.1. The standard InChI is InChI=1S/C21H24N2O4/c1-15(2)27-18-6-4-17(5-7-18)22-9-11-23(12-10-22)21(24)16-3-8-19-20(13-16)26-14-25-19/h3-8,13,15H,9-12,14H2,1-2H3. The number of anilines is 1. The van der Waals surface area contributed by atoms with Crippen LogP contribution in [0.1, 0.15) is 24.2 Å². The second-order valence-corrected chi connectivity index (χ2v) is 7.01. The molecule has 0 spiro atoms. The Morgan fingerprint density at radius 3 is 2.37 bits per heavy atom. The summed E-state index contributed by atoms with van der Waals surface area (Å²) in [7, 11) is 0. The molecule has 0 radical (unpaired) electrons. The summed E-state index contributed by atoms with van der Waals surface area (Å²) in [6, 6.07) is 13.5. The lowest BCUT2D eigenvalue weighted by atomic mass is 10.1. The van der Waals surface area contributed by atoms with Crippen LogP contribution in [0.4, 0.5) is 5.69 Å². The Hall–Kier alpha value is -2.89. The van der Waals surface area contributed by atoms with Gasteiger partial charge >= 0.3 is 0 Å². The third kappa shape index (κ3) is 3.79. The minimum absolute atomic E-state index is 0.0358. The van der Waals surface area contributed by atoms with Crippen molar-refractivity contribution >= 4 is 11.6 Å². The van der Waals surface area contributed by atoms with Crippen molar-refractivity contribution in [2.75, 3.05) is 37.9 Å². The topological polar surface area (TPSA) is 51.2 Å². The summed E-state index contributed by atoms with van der Waals surface area (Å²) in [4.78, 5) is 17.0. The molecule has 6 nitrogen and oxygen atoms in total. The molecule has 2 aliphatic rings. The molecule has 4 rings (SSSR count). The average Bonchev–Trinajstić information content (AvgIpc) is 3.15. The molecule has 1 saturated heterocycles. The monoisotopic (exact) mass is 368 g/mol. The highest BCUT2D eigenvalue weighted by molar-refractivity contribution is 5.95. The average molecular weight is 368 g/mol. The fourth-order valence-electron chi connectivity index (χ4n) is 3.39. The molecule has 2 aromatic carbocycles. The molecule has 0 aromatic heterocycles. The third-order valence-electron chi connectivity index (χ3n) is 4.76. The molecule has 2 aromatic rings. The maximum Gasteiger partial charge on any atom is 0.254 e. The van der Waals surface area contributed by atoms with Gasteiger partial charge in [-0.3, -0.25) is 4.79 Å². The number of piperazine rings is 1. The van der Waals surface area contributed by atoms with Crippen molar-refractivity contribution in [3.05, 3.63) is 48.0 Å². The zero-order chi connectivity index (χ0) is 18.8. The second kappa shape index (κ2) is 7.39. The van der Waals surface area contributed by atoms with Gasteiger partial charge in [0.1, 0.15) is 5.75 Å². The Kier molecular flexibility index (Phi) is 4.79. The van der Waals surface area contributed by atoms with Gasteiger partial charge in [-0.2, -0.15) is 0 Å². The normalized spacial score (nSPS) is 16.0. The van der Waals surface area contributed by atoms with E-state index in [4.69, 9.17) is 14.2 Å². The summed E-state index contributed by atoms with van der Waals surface area (Å²) < 4.78 is 16.4. The summed E-state index contributed by atoms with van der Waals surface area (Å²) in [6.07, 6.45) is 0.168. The minimum atomic E-state index is 0.0358. The minimum Gasteiger partial charge on any atom is -0.491 e. The summed E-state index contributed by atoms with van der Waals surface area (Å²) in [5, 5.41) is 0. The van der Waals surface area contributed by atoms with E-state index < -0.39 is 0 Å². The molecule has 1 fully saturated rings. The zero-order valence-electron chi connectivity index (χ0n) is 15.7. The highest BCUT2D eigenvalue weighted by Crippen LogP contribution is 2.33. The molecule has 1 amide bonds. The van der Waals surface area contributed by atoms with Crippen molar-refractivity contribution in [3.63, 3.8) is 0 Å². The van der Waals surface area contributed by atoms with Gasteiger partial charge in [0, 0.05) is 37.4 Å². The van der Waals surface area contributed by atoms with Crippen LogP contribution in [-0.2, 0) is 0 Å². The fraction of sp³-hybridized carbons (Fsp3) is 0.381. The number of fused-ring (bicyclic) bond motifs is 1. The number of amides is 1. The van der Waals surface area contributed by atoms with Gasteiger partial charge in [-0.15, -0.1) is 0 Å². The summed E-state index contributed by atoms with van der Waals surface area (Å²) in [6.45, 7) is 7.25. The number of hydrogen-bond acceptors (Lipinski definition) is 5. The van der Waals surface area contributed by atoms with E-state index in [1.807, 2.05) is 30.9 Å². The van der Waals surface area contributed by atoms with E-state index in [1.165, 1.54) is 0 Å². The van der Waals surface area contributed by atoms with Gasteiger partial charge in [0.05, 0.1) is 6.10 Å². The number of rotatable bonds is 4. The number of nitrogens with zero attached hydrogens (tertiary/aromatic N) is 2. The van der Waals surface area contributed by atoms with E-state index in [0.29, 0.717) is 30.2 Å². The molecule has 0 unspecified atom stereocenters. The molecule has 27 heavy (non-hydrogen) atoms. The molecule has 2 heterocycles. The first-order valence-electron chi connectivity index (χ1n) is 9.31. The fourth-order valence-corrected chi connectivity index (χ4v) is 3.39. The SMILES string of the molecule is CC(C)Oc1ccc(N2CCN(C(=O)c3ccc4c(c3)OCO4)CC2)cc1. The Labute approximate surface area is 159 Å². The molecule has 6 heteroatoms. The molecule has 142 valence electrons. The van der Waals surface area contributed by atoms with Crippen LogP contribution in [0.15, 0.2) is 42.5 Å². The van der Waals surface area contributed by atoms with Gasteiger partial charge in [0.25, 0.3) is 5.91 Å². The molecule has 0 saturated carbocycles. The van der Waals surface area contributed by atoms with Crippen LogP contribution >= 0.6 is 0 Å². The van der Waals surface area contributed by atoms with Crippen LogP contribution in [0.5, 0.6) is 17.2 Å². The first kappa shape index (κ1) is 17.5.